The molecule has 7 nitrogen and oxygen atoms in total. The third-order valence-electron chi connectivity index (χ3n) is 4.66. The standard InChI is InChI=1S/C24H19ClN4O3S/c1-32-19-6-4-5-16(13-19)14-26-28-22(30)15-33-24-27-21-8-3-2-7-20(21)23(31)29(24)18-11-9-17(25)10-12-18/h2-14H,15H2,1H3,(H,28,30)/b26-14+. The number of carbonyl (C=O) groups is 1. The number of methoxy groups -OCH3 is 1. The van der Waals surface area contributed by atoms with Crippen LogP contribution in [0.5, 0.6) is 5.75 Å². The first-order valence-electron chi connectivity index (χ1n) is 9.91. The van der Waals surface area contributed by atoms with Crippen LogP contribution in [-0.4, -0.2) is 34.5 Å². The van der Waals surface area contributed by atoms with Crippen molar-refractivity contribution in [2.75, 3.05) is 12.9 Å². The van der Waals surface area contributed by atoms with Gasteiger partial charge in [0.1, 0.15) is 5.75 Å². The van der Waals surface area contributed by atoms with Crippen LogP contribution in [0.25, 0.3) is 16.6 Å². The molecule has 0 atom stereocenters. The molecule has 33 heavy (non-hydrogen) atoms. The fourth-order valence-corrected chi connectivity index (χ4v) is 4.02. The molecule has 3 aromatic carbocycles. The van der Waals surface area contributed by atoms with E-state index in [9.17, 15) is 9.59 Å². The van der Waals surface area contributed by atoms with Gasteiger partial charge in [0.25, 0.3) is 11.5 Å². The van der Waals surface area contributed by atoms with Crippen LogP contribution in [-0.2, 0) is 4.79 Å². The number of hydrogen-bond donors (Lipinski definition) is 1. The molecule has 1 heterocycles. The number of nitrogens with one attached hydrogen (secondary N) is 1. The summed E-state index contributed by atoms with van der Waals surface area (Å²) in [6.45, 7) is 0. The molecule has 0 saturated carbocycles. The van der Waals surface area contributed by atoms with Crippen LogP contribution in [0.2, 0.25) is 5.02 Å². The molecule has 1 aromatic heterocycles. The number of amides is 1. The highest BCUT2D eigenvalue weighted by atomic mass is 35.5. The summed E-state index contributed by atoms with van der Waals surface area (Å²) in [5.41, 5.74) is 4.23. The van der Waals surface area contributed by atoms with Crippen LogP contribution in [0.3, 0.4) is 0 Å². The molecule has 0 aliphatic carbocycles. The van der Waals surface area contributed by atoms with Crippen LogP contribution < -0.4 is 15.7 Å². The molecular formula is C24H19ClN4O3S. The van der Waals surface area contributed by atoms with E-state index in [0.29, 0.717) is 32.5 Å². The Labute approximate surface area is 199 Å². The number of fused-ring (bicyclic) bond motifs is 1. The summed E-state index contributed by atoms with van der Waals surface area (Å²) in [6.07, 6.45) is 1.53. The molecule has 4 rings (SSSR count). The number of hydrogen-bond acceptors (Lipinski definition) is 6. The van der Waals surface area contributed by atoms with E-state index in [1.54, 1.807) is 55.6 Å². The van der Waals surface area contributed by atoms with E-state index >= 15 is 0 Å². The minimum Gasteiger partial charge on any atom is -0.497 e. The third kappa shape index (κ3) is 5.42. The van der Waals surface area contributed by atoms with Crippen LogP contribution in [0.1, 0.15) is 5.56 Å². The van der Waals surface area contributed by atoms with Gasteiger partial charge in [-0.25, -0.2) is 10.4 Å². The van der Waals surface area contributed by atoms with Gasteiger partial charge in [0.2, 0.25) is 0 Å². The van der Waals surface area contributed by atoms with Crippen molar-refractivity contribution < 1.29 is 9.53 Å². The van der Waals surface area contributed by atoms with Crippen LogP contribution >= 0.6 is 23.4 Å². The number of hydrazone groups is 1. The summed E-state index contributed by atoms with van der Waals surface area (Å²) in [7, 11) is 1.58. The zero-order valence-corrected chi connectivity index (χ0v) is 19.1. The van der Waals surface area contributed by atoms with Gasteiger partial charge in [-0.2, -0.15) is 5.10 Å². The molecule has 0 aliphatic rings. The van der Waals surface area contributed by atoms with E-state index in [0.717, 1.165) is 17.3 Å². The minimum atomic E-state index is -0.329. The molecular weight excluding hydrogens is 460 g/mol. The molecule has 166 valence electrons. The Bertz CT molecular complexity index is 1390. The van der Waals surface area contributed by atoms with Crippen molar-refractivity contribution in [3.63, 3.8) is 0 Å². The van der Waals surface area contributed by atoms with Gasteiger partial charge in [-0.3, -0.25) is 14.2 Å². The number of thioether (sulfide) groups is 1. The molecule has 1 N–H and O–H groups in total. The molecule has 0 unspecified atom stereocenters. The first-order chi connectivity index (χ1) is 16.0. The first kappa shape index (κ1) is 22.6. The van der Waals surface area contributed by atoms with Crippen molar-refractivity contribution in [1.29, 1.82) is 0 Å². The fraction of sp³-hybridized carbons (Fsp3) is 0.0833. The number of halogens is 1. The second-order valence-electron chi connectivity index (χ2n) is 6.89. The zero-order chi connectivity index (χ0) is 23.2. The molecule has 4 aromatic rings. The molecule has 0 fully saturated rings. The number of carbonyl (C=O) groups excluding carboxylic acids is 1. The zero-order valence-electron chi connectivity index (χ0n) is 17.6. The molecule has 0 bridgehead atoms. The van der Waals surface area contributed by atoms with Gasteiger partial charge in [0.05, 0.1) is 35.7 Å². The Morgan fingerprint density at radius 3 is 2.73 bits per heavy atom. The predicted octanol–water partition coefficient (Wildman–Crippen LogP) is 4.29. The van der Waals surface area contributed by atoms with Crippen LogP contribution in [0, 0.1) is 0 Å². The summed E-state index contributed by atoms with van der Waals surface area (Å²) in [6, 6.07) is 21.3. The normalized spacial score (nSPS) is 11.1. The lowest BCUT2D eigenvalue weighted by Crippen LogP contribution is -2.24. The van der Waals surface area contributed by atoms with E-state index in [2.05, 4.69) is 15.5 Å². The van der Waals surface area contributed by atoms with Gasteiger partial charge in [0, 0.05) is 5.02 Å². The number of nitrogens with zero attached hydrogens (tertiary/aromatic N) is 3. The van der Waals surface area contributed by atoms with E-state index in [-0.39, 0.29) is 17.2 Å². The molecule has 0 radical (unpaired) electrons. The van der Waals surface area contributed by atoms with Crippen molar-refractivity contribution in [1.82, 2.24) is 15.0 Å². The summed E-state index contributed by atoms with van der Waals surface area (Å²) in [5.74, 6) is 0.390. The predicted molar refractivity (Wildman–Crippen MR) is 132 cm³/mol. The summed E-state index contributed by atoms with van der Waals surface area (Å²) in [5, 5.41) is 5.43. The number of benzene rings is 3. The number of ether oxygens (including phenoxy) is 1. The maximum absolute atomic E-state index is 13.2. The highest BCUT2D eigenvalue weighted by Crippen LogP contribution is 2.22. The molecule has 0 spiro atoms. The lowest BCUT2D eigenvalue weighted by molar-refractivity contribution is -0.118. The monoisotopic (exact) mass is 478 g/mol. The average Bonchev–Trinajstić information content (AvgIpc) is 2.84. The van der Waals surface area contributed by atoms with Gasteiger partial charge in [-0.05, 0) is 54.1 Å². The van der Waals surface area contributed by atoms with Crippen molar-refractivity contribution >= 4 is 46.4 Å². The SMILES string of the molecule is COc1cccc(/C=N/NC(=O)CSc2nc3ccccc3c(=O)n2-c2ccc(Cl)cc2)c1. The second kappa shape index (κ2) is 10.3. The van der Waals surface area contributed by atoms with Gasteiger partial charge in [-0.15, -0.1) is 0 Å². The van der Waals surface area contributed by atoms with Crippen molar-refractivity contribution in [3.8, 4) is 11.4 Å². The quantitative estimate of drug-likeness (QED) is 0.185. The van der Waals surface area contributed by atoms with E-state index in [1.807, 2.05) is 24.3 Å². The molecule has 9 heteroatoms. The molecule has 0 aliphatic heterocycles. The maximum atomic E-state index is 13.2. The van der Waals surface area contributed by atoms with Gasteiger partial charge < -0.3 is 4.74 Å². The lowest BCUT2D eigenvalue weighted by atomic mass is 10.2. The Morgan fingerprint density at radius 1 is 1.15 bits per heavy atom. The van der Waals surface area contributed by atoms with E-state index < -0.39 is 0 Å². The fourth-order valence-electron chi connectivity index (χ4n) is 3.09. The van der Waals surface area contributed by atoms with Gasteiger partial charge in [-0.1, -0.05) is 47.6 Å². The Kier molecular flexibility index (Phi) is 7.07. The van der Waals surface area contributed by atoms with Crippen molar-refractivity contribution in [2.45, 2.75) is 5.16 Å². The van der Waals surface area contributed by atoms with Crippen molar-refractivity contribution in [3.05, 3.63) is 93.7 Å². The highest BCUT2D eigenvalue weighted by Gasteiger charge is 2.14. The second-order valence-corrected chi connectivity index (χ2v) is 8.27. The average molecular weight is 479 g/mol. The maximum Gasteiger partial charge on any atom is 0.266 e. The first-order valence-corrected chi connectivity index (χ1v) is 11.3. The van der Waals surface area contributed by atoms with Gasteiger partial charge >= 0.3 is 0 Å². The van der Waals surface area contributed by atoms with Crippen molar-refractivity contribution in [2.24, 2.45) is 5.10 Å². The Balaban J connectivity index is 1.54. The third-order valence-corrected chi connectivity index (χ3v) is 5.85. The highest BCUT2D eigenvalue weighted by molar-refractivity contribution is 7.99. The largest absolute Gasteiger partial charge is 0.497 e. The summed E-state index contributed by atoms with van der Waals surface area (Å²) >= 11 is 7.15. The topological polar surface area (TPSA) is 85.6 Å². The van der Waals surface area contributed by atoms with E-state index in [4.69, 9.17) is 16.3 Å². The Morgan fingerprint density at radius 2 is 1.94 bits per heavy atom. The van der Waals surface area contributed by atoms with Gasteiger partial charge in [0.15, 0.2) is 5.16 Å². The lowest BCUT2D eigenvalue weighted by Gasteiger charge is -2.13. The van der Waals surface area contributed by atoms with Crippen LogP contribution in [0.4, 0.5) is 0 Å². The summed E-state index contributed by atoms with van der Waals surface area (Å²) in [4.78, 5) is 30.2. The minimum absolute atomic E-state index is 0.0216. The Hall–Kier alpha value is -3.62. The van der Waals surface area contributed by atoms with E-state index in [1.165, 1.54) is 10.8 Å². The summed E-state index contributed by atoms with van der Waals surface area (Å²) < 4.78 is 6.65. The van der Waals surface area contributed by atoms with Crippen LogP contribution in [0.15, 0.2) is 87.8 Å². The number of para-hydroxylation sites is 1. The smallest absolute Gasteiger partial charge is 0.266 e. The number of aromatic nitrogens is 2. The molecule has 1 amide bonds. The number of rotatable bonds is 7. The molecule has 0 saturated heterocycles.